The van der Waals surface area contributed by atoms with Crippen molar-refractivity contribution >= 4 is 5.97 Å². The maximum Gasteiger partial charge on any atom is 0.317 e. The van der Waals surface area contributed by atoms with Crippen LogP contribution in [0.1, 0.15) is 31.4 Å². The van der Waals surface area contributed by atoms with Gasteiger partial charge in [0.2, 0.25) is 0 Å². The van der Waals surface area contributed by atoms with Gasteiger partial charge in [0.1, 0.15) is 5.75 Å². The van der Waals surface area contributed by atoms with Crippen LogP contribution < -0.4 is 4.74 Å². The van der Waals surface area contributed by atoms with E-state index in [2.05, 4.69) is 6.07 Å². The molecule has 0 saturated carbocycles. The normalized spacial score (nSPS) is 11.9. The van der Waals surface area contributed by atoms with Crippen molar-refractivity contribution in [3.63, 3.8) is 0 Å². The molecule has 0 aliphatic heterocycles. The molecule has 1 unspecified atom stereocenters. The molecule has 5 heteroatoms. The van der Waals surface area contributed by atoms with E-state index in [0.29, 0.717) is 17.9 Å². The Morgan fingerprint density at radius 2 is 2.25 bits per heavy atom. The lowest BCUT2D eigenvalue weighted by atomic mass is 10.1. The summed E-state index contributed by atoms with van der Waals surface area (Å²) in [6.45, 7) is 4.42. The van der Waals surface area contributed by atoms with Crippen LogP contribution in [0.15, 0.2) is 18.2 Å². The van der Waals surface area contributed by atoms with Gasteiger partial charge < -0.3 is 9.84 Å². The number of hydrogen-bond acceptors (Lipinski definition) is 4. The second-order valence-electron chi connectivity index (χ2n) is 4.69. The number of benzene rings is 1. The van der Waals surface area contributed by atoms with Crippen molar-refractivity contribution in [2.24, 2.45) is 0 Å². The first kappa shape index (κ1) is 16.0. The highest BCUT2D eigenvalue weighted by Gasteiger charge is 2.18. The molecule has 0 saturated heterocycles. The van der Waals surface area contributed by atoms with Gasteiger partial charge in [0.25, 0.3) is 0 Å². The molecular weight excluding hydrogens is 256 g/mol. The van der Waals surface area contributed by atoms with Crippen molar-refractivity contribution in [1.82, 2.24) is 4.90 Å². The van der Waals surface area contributed by atoms with Crippen LogP contribution in [0.3, 0.4) is 0 Å². The van der Waals surface area contributed by atoms with E-state index in [4.69, 9.17) is 15.1 Å². The molecule has 0 spiro atoms. The standard InChI is InChI=1S/C15H20N2O3/c1-4-11(2)17(10-15(18)19)9-13-7-12(8-16)5-6-14(13)20-3/h5-7,11H,4,9-10H2,1-3H3,(H,18,19). The minimum absolute atomic E-state index is 0.0328. The molecule has 0 aliphatic rings. The lowest BCUT2D eigenvalue weighted by molar-refractivity contribution is -0.139. The van der Waals surface area contributed by atoms with Crippen LogP contribution in [-0.4, -0.2) is 35.7 Å². The third kappa shape index (κ3) is 4.25. The molecule has 0 heterocycles. The monoisotopic (exact) mass is 276 g/mol. The molecule has 0 aliphatic carbocycles. The van der Waals surface area contributed by atoms with E-state index in [-0.39, 0.29) is 12.6 Å². The lowest BCUT2D eigenvalue weighted by Gasteiger charge is -2.27. The van der Waals surface area contributed by atoms with Crippen LogP contribution in [0.25, 0.3) is 0 Å². The van der Waals surface area contributed by atoms with Gasteiger partial charge in [0, 0.05) is 18.2 Å². The topological polar surface area (TPSA) is 73.6 Å². The Bertz CT molecular complexity index is 508. The van der Waals surface area contributed by atoms with Crippen molar-refractivity contribution < 1.29 is 14.6 Å². The van der Waals surface area contributed by atoms with Crippen LogP contribution in [0.2, 0.25) is 0 Å². The molecule has 1 aromatic rings. The van der Waals surface area contributed by atoms with E-state index >= 15 is 0 Å². The van der Waals surface area contributed by atoms with E-state index in [0.717, 1.165) is 12.0 Å². The summed E-state index contributed by atoms with van der Waals surface area (Å²) in [5.74, 6) is -0.191. The highest BCUT2D eigenvalue weighted by Crippen LogP contribution is 2.22. The predicted molar refractivity (Wildman–Crippen MR) is 75.5 cm³/mol. The van der Waals surface area contributed by atoms with Crippen LogP contribution in [0, 0.1) is 11.3 Å². The second-order valence-corrected chi connectivity index (χ2v) is 4.69. The number of rotatable bonds is 7. The van der Waals surface area contributed by atoms with Crippen molar-refractivity contribution in [2.45, 2.75) is 32.9 Å². The molecule has 0 aromatic heterocycles. The third-order valence-corrected chi connectivity index (χ3v) is 3.34. The van der Waals surface area contributed by atoms with Gasteiger partial charge in [-0.05, 0) is 31.5 Å². The number of carbonyl (C=O) groups is 1. The zero-order valence-electron chi connectivity index (χ0n) is 12.1. The SMILES string of the molecule is CCC(C)N(CC(=O)O)Cc1cc(C#N)ccc1OC. The molecule has 0 bridgehead atoms. The smallest absolute Gasteiger partial charge is 0.317 e. The molecule has 0 fully saturated rings. The molecule has 1 N–H and O–H groups in total. The first-order chi connectivity index (χ1) is 9.51. The Hall–Kier alpha value is -2.06. The van der Waals surface area contributed by atoms with Gasteiger partial charge in [-0.15, -0.1) is 0 Å². The van der Waals surface area contributed by atoms with Crippen LogP contribution in [-0.2, 0) is 11.3 Å². The summed E-state index contributed by atoms with van der Waals surface area (Å²) in [6, 6.07) is 7.40. The van der Waals surface area contributed by atoms with Crippen molar-refractivity contribution in [3.8, 4) is 11.8 Å². The molecule has 1 atom stereocenters. The quantitative estimate of drug-likeness (QED) is 0.826. The number of aliphatic carboxylic acids is 1. The average molecular weight is 276 g/mol. The first-order valence-corrected chi connectivity index (χ1v) is 6.54. The highest BCUT2D eigenvalue weighted by atomic mass is 16.5. The number of methoxy groups -OCH3 is 1. The molecule has 1 aromatic carbocycles. The van der Waals surface area contributed by atoms with Crippen LogP contribution in [0.5, 0.6) is 5.75 Å². The molecular formula is C15H20N2O3. The molecule has 108 valence electrons. The minimum atomic E-state index is -0.860. The van der Waals surface area contributed by atoms with E-state index < -0.39 is 5.97 Å². The minimum Gasteiger partial charge on any atom is -0.496 e. The largest absolute Gasteiger partial charge is 0.496 e. The van der Waals surface area contributed by atoms with Gasteiger partial charge in [-0.3, -0.25) is 9.69 Å². The van der Waals surface area contributed by atoms with Crippen LogP contribution in [0.4, 0.5) is 0 Å². The zero-order chi connectivity index (χ0) is 15.1. The number of carboxylic acids is 1. The fourth-order valence-corrected chi connectivity index (χ4v) is 1.99. The predicted octanol–water partition coefficient (Wildman–Crippen LogP) is 2.25. The van der Waals surface area contributed by atoms with Gasteiger partial charge in [-0.2, -0.15) is 5.26 Å². The number of nitriles is 1. The molecule has 0 amide bonds. The summed E-state index contributed by atoms with van der Waals surface area (Å²) in [5.41, 5.74) is 1.37. The van der Waals surface area contributed by atoms with E-state index in [1.54, 1.807) is 25.3 Å². The number of ether oxygens (including phenoxy) is 1. The molecule has 5 nitrogen and oxygen atoms in total. The first-order valence-electron chi connectivity index (χ1n) is 6.54. The van der Waals surface area contributed by atoms with Crippen molar-refractivity contribution in [2.75, 3.05) is 13.7 Å². The summed E-state index contributed by atoms with van der Waals surface area (Å²) < 4.78 is 5.28. The third-order valence-electron chi connectivity index (χ3n) is 3.34. The maximum absolute atomic E-state index is 11.0. The summed E-state index contributed by atoms with van der Waals surface area (Å²) >= 11 is 0. The Morgan fingerprint density at radius 1 is 1.55 bits per heavy atom. The zero-order valence-corrected chi connectivity index (χ0v) is 12.1. The fraction of sp³-hybridized carbons (Fsp3) is 0.467. The van der Waals surface area contributed by atoms with Gasteiger partial charge in [0.15, 0.2) is 0 Å². The highest BCUT2D eigenvalue weighted by molar-refractivity contribution is 5.69. The van der Waals surface area contributed by atoms with Gasteiger partial charge in [0.05, 0.1) is 25.3 Å². The molecule has 0 radical (unpaired) electrons. The summed E-state index contributed by atoms with van der Waals surface area (Å²) in [4.78, 5) is 12.8. The van der Waals surface area contributed by atoms with E-state index in [1.165, 1.54) is 0 Å². The number of carboxylic acid groups (broad SMARTS) is 1. The van der Waals surface area contributed by atoms with Crippen LogP contribution >= 0.6 is 0 Å². The maximum atomic E-state index is 11.0. The van der Waals surface area contributed by atoms with E-state index in [1.807, 2.05) is 18.7 Å². The van der Waals surface area contributed by atoms with Gasteiger partial charge in [-0.25, -0.2) is 0 Å². The Morgan fingerprint density at radius 3 is 2.75 bits per heavy atom. The average Bonchev–Trinajstić information content (AvgIpc) is 2.45. The lowest BCUT2D eigenvalue weighted by Crippen LogP contribution is -2.36. The van der Waals surface area contributed by atoms with Crippen molar-refractivity contribution in [1.29, 1.82) is 5.26 Å². The van der Waals surface area contributed by atoms with E-state index in [9.17, 15) is 4.79 Å². The summed E-state index contributed by atoms with van der Waals surface area (Å²) in [7, 11) is 1.57. The number of nitrogens with zero attached hydrogens (tertiary/aromatic N) is 2. The van der Waals surface area contributed by atoms with Gasteiger partial charge in [-0.1, -0.05) is 6.92 Å². The number of hydrogen-bond donors (Lipinski definition) is 1. The Labute approximate surface area is 119 Å². The molecule has 20 heavy (non-hydrogen) atoms. The van der Waals surface area contributed by atoms with Gasteiger partial charge >= 0.3 is 5.97 Å². The summed E-state index contributed by atoms with van der Waals surface area (Å²) in [5, 5.41) is 18.0. The van der Waals surface area contributed by atoms with Crippen molar-refractivity contribution in [3.05, 3.63) is 29.3 Å². The second kappa shape index (κ2) is 7.51. The summed E-state index contributed by atoms with van der Waals surface area (Å²) in [6.07, 6.45) is 0.855. The Kier molecular flexibility index (Phi) is 6.01. The molecule has 1 rings (SSSR count). The fourth-order valence-electron chi connectivity index (χ4n) is 1.99. The Balaban J connectivity index is 3.02.